The molecule has 7 heteroatoms. The van der Waals surface area contributed by atoms with Gasteiger partial charge in [-0.25, -0.2) is 0 Å². The van der Waals surface area contributed by atoms with E-state index in [1.165, 1.54) is 103 Å². The molecule has 2 amide bonds. The van der Waals surface area contributed by atoms with Crippen LogP contribution in [0.25, 0.3) is 0 Å². The zero-order valence-electron chi connectivity index (χ0n) is 23.0. The van der Waals surface area contributed by atoms with Crippen LogP contribution in [0.3, 0.4) is 0 Å². The van der Waals surface area contributed by atoms with E-state index in [0.29, 0.717) is 26.1 Å². The molecule has 0 aromatic heterocycles. The Hall–Kier alpha value is -0.850. The molecule has 210 valence electrons. The number of rotatable bonds is 27. The van der Waals surface area contributed by atoms with E-state index in [2.05, 4.69) is 22.9 Å². The van der Waals surface area contributed by atoms with Crippen molar-refractivity contribution in [1.29, 1.82) is 0 Å². The summed E-state index contributed by atoms with van der Waals surface area (Å²) in [5, 5.41) is 8.83. The fourth-order valence-electron chi connectivity index (χ4n) is 4.13. The molecule has 0 heterocycles. The molecule has 0 aliphatic rings. The molecule has 0 saturated heterocycles. The van der Waals surface area contributed by atoms with E-state index < -0.39 is 0 Å². The van der Waals surface area contributed by atoms with E-state index in [1.54, 1.807) is 0 Å². The second-order valence-electron chi connectivity index (χ2n) is 9.78. The highest BCUT2D eigenvalue weighted by Crippen LogP contribution is 2.13. The summed E-state index contributed by atoms with van der Waals surface area (Å²) in [5.74, 6) is -0.194. The van der Waals surface area contributed by atoms with Crippen LogP contribution < -0.4 is 21.7 Å². The van der Waals surface area contributed by atoms with E-state index in [-0.39, 0.29) is 30.8 Å². The normalized spacial score (nSPS) is 10.7. The number of carbonyl (C=O) groups is 2. The third-order valence-electron chi connectivity index (χ3n) is 6.39. The van der Waals surface area contributed by atoms with Gasteiger partial charge in [0.2, 0.25) is 11.8 Å². The molecule has 35 heavy (non-hydrogen) atoms. The van der Waals surface area contributed by atoms with Crippen LogP contribution in [-0.2, 0) is 9.59 Å². The van der Waals surface area contributed by atoms with Crippen molar-refractivity contribution in [2.45, 2.75) is 135 Å². The van der Waals surface area contributed by atoms with Gasteiger partial charge in [0.15, 0.2) is 0 Å². The van der Waals surface area contributed by atoms with Gasteiger partial charge in [-0.05, 0) is 32.4 Å². The number of amides is 2. The molecule has 0 atom stereocenters. The van der Waals surface area contributed by atoms with Gasteiger partial charge in [0, 0.05) is 19.5 Å². The van der Waals surface area contributed by atoms with Gasteiger partial charge in [-0.3, -0.25) is 9.59 Å². The van der Waals surface area contributed by atoms with Gasteiger partial charge in [0.25, 0.3) is 0 Å². The second kappa shape index (κ2) is 31.2. The molecule has 0 aliphatic heterocycles. The summed E-state index contributed by atoms with van der Waals surface area (Å²) < 4.78 is 0. The molecule has 6 nitrogen and oxygen atoms in total. The summed E-state index contributed by atoms with van der Waals surface area (Å²) in [6.45, 7) is 5.32. The Morgan fingerprint density at radius 2 is 1.00 bits per heavy atom. The first kappa shape index (κ1) is 36.3. The van der Waals surface area contributed by atoms with Crippen molar-refractivity contribution in [2.24, 2.45) is 5.73 Å². The predicted octanol–water partition coefficient (Wildman–Crippen LogP) is 6.01. The third-order valence-corrected chi connectivity index (χ3v) is 6.39. The van der Waals surface area contributed by atoms with Gasteiger partial charge in [-0.1, -0.05) is 110 Å². The number of nitrogens with two attached hydrogens (primary N) is 1. The maximum Gasteiger partial charge on any atom is 0.239 e. The standard InChI is InChI=1S/C28H58N4O2.ClH/c1-2-3-4-5-6-7-8-9-10-11-12-13-14-15-16-19-23-30-25-21-27(33)32-26-28(34)31-24-20-17-18-22-29;/h30H,2-26,29H2,1H3,(H,31,34)(H,32,33);1H. The van der Waals surface area contributed by atoms with Gasteiger partial charge in [-0.2, -0.15) is 0 Å². The van der Waals surface area contributed by atoms with Gasteiger partial charge >= 0.3 is 0 Å². The molecule has 0 bridgehead atoms. The smallest absolute Gasteiger partial charge is 0.239 e. The molecule has 0 saturated carbocycles. The topological polar surface area (TPSA) is 96.2 Å². The summed E-state index contributed by atoms with van der Waals surface area (Å²) >= 11 is 0. The van der Waals surface area contributed by atoms with Gasteiger partial charge in [0.05, 0.1) is 6.54 Å². The van der Waals surface area contributed by atoms with Crippen molar-refractivity contribution < 1.29 is 9.59 Å². The second-order valence-corrected chi connectivity index (χ2v) is 9.78. The number of hydrogen-bond donors (Lipinski definition) is 4. The first-order valence-corrected chi connectivity index (χ1v) is 14.6. The van der Waals surface area contributed by atoms with Gasteiger partial charge < -0.3 is 21.7 Å². The average Bonchev–Trinajstić information content (AvgIpc) is 2.84. The van der Waals surface area contributed by atoms with Crippen molar-refractivity contribution in [3.05, 3.63) is 0 Å². The molecule has 0 unspecified atom stereocenters. The van der Waals surface area contributed by atoms with Crippen molar-refractivity contribution in [2.75, 3.05) is 32.7 Å². The Bertz CT molecular complexity index is 453. The SMILES string of the molecule is CCCCCCCCCCCCCCCCCCNCCC(=O)NCC(=O)NCCCCCN.Cl. The van der Waals surface area contributed by atoms with E-state index in [9.17, 15) is 9.59 Å². The molecule has 0 aliphatic carbocycles. The summed E-state index contributed by atoms with van der Waals surface area (Å²) in [4.78, 5) is 23.5. The van der Waals surface area contributed by atoms with Crippen molar-refractivity contribution in [3.63, 3.8) is 0 Å². The lowest BCUT2D eigenvalue weighted by molar-refractivity contribution is -0.126. The lowest BCUT2D eigenvalue weighted by atomic mass is 10.0. The Balaban J connectivity index is 0. The monoisotopic (exact) mass is 518 g/mol. The molecule has 5 N–H and O–H groups in total. The van der Waals surface area contributed by atoms with E-state index in [4.69, 9.17) is 5.73 Å². The minimum atomic E-state index is -0.123. The number of nitrogens with one attached hydrogen (secondary N) is 3. The first-order chi connectivity index (χ1) is 16.7. The Morgan fingerprint density at radius 3 is 1.51 bits per heavy atom. The quantitative estimate of drug-likeness (QED) is 0.100. The Morgan fingerprint density at radius 1 is 0.543 bits per heavy atom. The molecular formula is C28H59ClN4O2. The van der Waals surface area contributed by atoms with Crippen LogP contribution in [0, 0.1) is 0 Å². The van der Waals surface area contributed by atoms with Crippen molar-refractivity contribution in [1.82, 2.24) is 16.0 Å². The van der Waals surface area contributed by atoms with Crippen LogP contribution in [0.15, 0.2) is 0 Å². The minimum absolute atomic E-state index is 0. The number of unbranched alkanes of at least 4 members (excludes halogenated alkanes) is 17. The highest BCUT2D eigenvalue weighted by Gasteiger charge is 2.04. The first-order valence-electron chi connectivity index (χ1n) is 14.6. The molecule has 0 fully saturated rings. The minimum Gasteiger partial charge on any atom is -0.355 e. The van der Waals surface area contributed by atoms with Crippen molar-refractivity contribution >= 4 is 24.2 Å². The number of hydrogen-bond acceptors (Lipinski definition) is 4. The molecule has 0 aromatic rings. The number of carbonyl (C=O) groups excluding carboxylic acids is 2. The fourth-order valence-corrected chi connectivity index (χ4v) is 4.13. The zero-order valence-corrected chi connectivity index (χ0v) is 23.8. The molecule has 0 aromatic carbocycles. The maximum atomic E-state index is 11.8. The highest BCUT2D eigenvalue weighted by atomic mass is 35.5. The highest BCUT2D eigenvalue weighted by molar-refractivity contribution is 5.85. The fraction of sp³-hybridized carbons (Fsp3) is 0.929. The molecular weight excluding hydrogens is 460 g/mol. The molecule has 0 rings (SSSR count). The van der Waals surface area contributed by atoms with Crippen molar-refractivity contribution in [3.8, 4) is 0 Å². The third kappa shape index (κ3) is 31.1. The lowest BCUT2D eigenvalue weighted by Crippen LogP contribution is -2.38. The molecule has 0 spiro atoms. The van der Waals surface area contributed by atoms with E-state index in [0.717, 1.165) is 25.8 Å². The summed E-state index contributed by atoms with van der Waals surface area (Å²) in [6, 6.07) is 0. The largest absolute Gasteiger partial charge is 0.355 e. The summed E-state index contributed by atoms with van der Waals surface area (Å²) in [7, 11) is 0. The van der Waals surface area contributed by atoms with Crippen LogP contribution in [0.1, 0.15) is 135 Å². The summed E-state index contributed by atoms with van der Waals surface area (Å²) in [5.41, 5.74) is 5.44. The lowest BCUT2D eigenvalue weighted by Gasteiger charge is -2.08. The van der Waals surface area contributed by atoms with Crippen LogP contribution in [0.2, 0.25) is 0 Å². The van der Waals surface area contributed by atoms with Crippen LogP contribution in [0.5, 0.6) is 0 Å². The van der Waals surface area contributed by atoms with E-state index in [1.807, 2.05) is 0 Å². The predicted molar refractivity (Wildman–Crippen MR) is 153 cm³/mol. The summed E-state index contributed by atoms with van der Waals surface area (Å²) in [6.07, 6.45) is 25.5. The Labute approximate surface area is 223 Å². The van der Waals surface area contributed by atoms with Crippen LogP contribution >= 0.6 is 12.4 Å². The maximum absolute atomic E-state index is 11.8. The molecule has 0 radical (unpaired) electrons. The number of halogens is 1. The van der Waals surface area contributed by atoms with Gasteiger partial charge in [-0.15, -0.1) is 12.4 Å². The van der Waals surface area contributed by atoms with E-state index >= 15 is 0 Å². The van der Waals surface area contributed by atoms with Gasteiger partial charge in [0.1, 0.15) is 0 Å². The van der Waals surface area contributed by atoms with Crippen LogP contribution in [0.4, 0.5) is 0 Å². The Kier molecular flexibility index (Phi) is 32.3. The van der Waals surface area contributed by atoms with Crippen LogP contribution in [-0.4, -0.2) is 44.5 Å². The average molecular weight is 519 g/mol. The zero-order chi connectivity index (χ0) is 25.0.